The van der Waals surface area contributed by atoms with Crippen LogP contribution in [0.25, 0.3) is 0 Å². The third-order valence-corrected chi connectivity index (χ3v) is 4.90. The molecule has 2 aliphatic heterocycles. The van der Waals surface area contributed by atoms with Crippen LogP contribution in [0, 0.1) is 11.8 Å². The fraction of sp³-hybridized carbons (Fsp3) is 0.647. The van der Waals surface area contributed by atoms with E-state index in [1.807, 2.05) is 0 Å². The van der Waals surface area contributed by atoms with Gasteiger partial charge in [-0.25, -0.2) is 0 Å². The van der Waals surface area contributed by atoms with Crippen LogP contribution in [0.1, 0.15) is 24.3 Å². The smallest absolute Gasteiger partial charge is 0.0469 e. The Labute approximate surface area is 122 Å². The largest absolute Gasteiger partial charge is 0.381 e. The summed E-state index contributed by atoms with van der Waals surface area (Å²) in [5.74, 6) is 2.04. The molecule has 0 bridgehead atoms. The summed E-state index contributed by atoms with van der Waals surface area (Å²) in [6, 6.07) is 10.9. The standard InChI is InChI=1S/C17H26N2O/c18-10-16-12-19(11-14-6-8-20-9-7-14)13-17(16)15-4-2-1-3-5-15/h1-5,14,16-17H,6-13,18H2/t16-,17+/m1/s1. The average Bonchev–Trinajstić information content (AvgIpc) is 2.92. The molecule has 110 valence electrons. The maximum atomic E-state index is 6.01. The maximum absolute atomic E-state index is 6.01. The van der Waals surface area contributed by atoms with E-state index in [9.17, 15) is 0 Å². The minimum atomic E-state index is 0.609. The van der Waals surface area contributed by atoms with E-state index in [2.05, 4.69) is 35.2 Å². The molecule has 2 heterocycles. The number of hydrogen-bond acceptors (Lipinski definition) is 3. The normalized spacial score (nSPS) is 28.9. The lowest BCUT2D eigenvalue weighted by Gasteiger charge is -2.27. The van der Waals surface area contributed by atoms with Crippen LogP contribution in [-0.2, 0) is 4.74 Å². The number of likely N-dealkylation sites (tertiary alicyclic amines) is 1. The molecule has 0 spiro atoms. The van der Waals surface area contributed by atoms with Crippen LogP contribution in [0.2, 0.25) is 0 Å². The van der Waals surface area contributed by atoms with Gasteiger partial charge >= 0.3 is 0 Å². The molecule has 0 unspecified atom stereocenters. The second-order valence-electron chi connectivity index (χ2n) is 6.29. The zero-order valence-electron chi connectivity index (χ0n) is 12.2. The highest BCUT2D eigenvalue weighted by atomic mass is 16.5. The Morgan fingerprint density at radius 1 is 1.10 bits per heavy atom. The summed E-state index contributed by atoms with van der Waals surface area (Å²) >= 11 is 0. The van der Waals surface area contributed by atoms with Gasteiger partial charge < -0.3 is 15.4 Å². The number of nitrogens with two attached hydrogens (primary N) is 1. The minimum Gasteiger partial charge on any atom is -0.381 e. The van der Waals surface area contributed by atoms with Crippen LogP contribution in [0.3, 0.4) is 0 Å². The molecule has 0 aliphatic carbocycles. The van der Waals surface area contributed by atoms with Gasteiger partial charge in [0.1, 0.15) is 0 Å². The van der Waals surface area contributed by atoms with E-state index in [0.29, 0.717) is 11.8 Å². The third kappa shape index (κ3) is 3.22. The molecule has 3 nitrogen and oxygen atoms in total. The number of benzene rings is 1. The lowest BCUT2D eigenvalue weighted by Crippen LogP contribution is -2.31. The summed E-state index contributed by atoms with van der Waals surface area (Å²) < 4.78 is 5.46. The van der Waals surface area contributed by atoms with E-state index in [1.54, 1.807) is 0 Å². The highest BCUT2D eigenvalue weighted by Crippen LogP contribution is 2.33. The van der Waals surface area contributed by atoms with Crippen molar-refractivity contribution in [3.63, 3.8) is 0 Å². The van der Waals surface area contributed by atoms with E-state index in [4.69, 9.17) is 10.5 Å². The Morgan fingerprint density at radius 3 is 2.55 bits per heavy atom. The van der Waals surface area contributed by atoms with Gasteiger partial charge in [-0.05, 0) is 36.8 Å². The first kappa shape index (κ1) is 14.1. The predicted octanol–water partition coefficient (Wildman–Crippen LogP) is 2.09. The van der Waals surface area contributed by atoms with Crippen LogP contribution >= 0.6 is 0 Å². The summed E-state index contributed by atoms with van der Waals surface area (Å²) in [7, 11) is 0. The summed E-state index contributed by atoms with van der Waals surface area (Å²) in [5.41, 5.74) is 7.47. The van der Waals surface area contributed by atoms with Crippen molar-refractivity contribution in [1.82, 2.24) is 4.90 Å². The first-order chi connectivity index (χ1) is 9.86. The van der Waals surface area contributed by atoms with Gasteiger partial charge in [0.25, 0.3) is 0 Å². The lowest BCUT2D eigenvalue weighted by atomic mass is 9.89. The number of nitrogens with zero attached hydrogens (tertiary/aromatic N) is 1. The van der Waals surface area contributed by atoms with Gasteiger partial charge in [-0.15, -0.1) is 0 Å². The molecular weight excluding hydrogens is 248 g/mol. The van der Waals surface area contributed by atoms with E-state index in [-0.39, 0.29) is 0 Å². The molecule has 1 aromatic rings. The van der Waals surface area contributed by atoms with Crippen LogP contribution in [0.15, 0.2) is 30.3 Å². The van der Waals surface area contributed by atoms with Crippen molar-refractivity contribution in [2.45, 2.75) is 18.8 Å². The van der Waals surface area contributed by atoms with Crippen molar-refractivity contribution in [3.05, 3.63) is 35.9 Å². The second kappa shape index (κ2) is 6.70. The van der Waals surface area contributed by atoms with Gasteiger partial charge in [-0.3, -0.25) is 0 Å². The molecule has 0 radical (unpaired) electrons. The second-order valence-corrected chi connectivity index (χ2v) is 6.29. The zero-order valence-corrected chi connectivity index (χ0v) is 12.2. The molecule has 0 saturated carbocycles. The third-order valence-electron chi connectivity index (χ3n) is 4.90. The topological polar surface area (TPSA) is 38.5 Å². The Hall–Kier alpha value is -0.900. The van der Waals surface area contributed by atoms with Crippen molar-refractivity contribution < 1.29 is 4.74 Å². The van der Waals surface area contributed by atoms with Gasteiger partial charge in [-0.1, -0.05) is 30.3 Å². The molecule has 0 aromatic heterocycles. The monoisotopic (exact) mass is 274 g/mol. The summed E-state index contributed by atoms with van der Waals surface area (Å²) in [6.45, 7) is 6.24. The SMILES string of the molecule is NC[C@@H]1CN(CC2CCOCC2)C[C@H]1c1ccccc1. The molecule has 2 atom stereocenters. The first-order valence-electron chi connectivity index (χ1n) is 7.92. The number of hydrogen-bond donors (Lipinski definition) is 1. The van der Waals surface area contributed by atoms with Crippen LogP contribution in [0.4, 0.5) is 0 Å². The molecule has 0 amide bonds. The number of rotatable bonds is 4. The molecule has 2 aliphatic rings. The Kier molecular flexibility index (Phi) is 4.71. The number of ether oxygens (including phenoxy) is 1. The Balaban J connectivity index is 1.62. The summed E-state index contributed by atoms with van der Waals surface area (Å²) in [5, 5.41) is 0. The fourth-order valence-corrected chi connectivity index (χ4v) is 3.72. The average molecular weight is 274 g/mol. The molecule has 2 fully saturated rings. The van der Waals surface area contributed by atoms with E-state index < -0.39 is 0 Å². The van der Waals surface area contributed by atoms with Gasteiger partial charge in [-0.2, -0.15) is 0 Å². The highest BCUT2D eigenvalue weighted by molar-refractivity contribution is 5.22. The van der Waals surface area contributed by atoms with Gasteiger partial charge in [0, 0.05) is 38.8 Å². The minimum absolute atomic E-state index is 0.609. The van der Waals surface area contributed by atoms with E-state index in [0.717, 1.165) is 32.2 Å². The predicted molar refractivity (Wildman–Crippen MR) is 81.7 cm³/mol. The molecule has 20 heavy (non-hydrogen) atoms. The summed E-state index contributed by atoms with van der Waals surface area (Å²) in [4.78, 5) is 2.63. The molecular formula is C17H26N2O. The first-order valence-corrected chi connectivity index (χ1v) is 7.92. The van der Waals surface area contributed by atoms with Gasteiger partial charge in [0.2, 0.25) is 0 Å². The van der Waals surface area contributed by atoms with Gasteiger partial charge in [0.15, 0.2) is 0 Å². The van der Waals surface area contributed by atoms with Crippen LogP contribution in [-0.4, -0.2) is 44.3 Å². The highest BCUT2D eigenvalue weighted by Gasteiger charge is 2.33. The zero-order chi connectivity index (χ0) is 13.8. The maximum Gasteiger partial charge on any atom is 0.0469 e. The fourth-order valence-electron chi connectivity index (χ4n) is 3.72. The molecule has 1 aromatic carbocycles. The summed E-state index contributed by atoms with van der Waals surface area (Å²) in [6.07, 6.45) is 2.44. The van der Waals surface area contributed by atoms with Crippen molar-refractivity contribution in [2.24, 2.45) is 17.6 Å². The van der Waals surface area contributed by atoms with Crippen LogP contribution in [0.5, 0.6) is 0 Å². The Bertz CT molecular complexity index is 403. The van der Waals surface area contributed by atoms with Crippen molar-refractivity contribution in [1.29, 1.82) is 0 Å². The Morgan fingerprint density at radius 2 is 1.85 bits per heavy atom. The molecule has 3 rings (SSSR count). The van der Waals surface area contributed by atoms with Crippen molar-refractivity contribution >= 4 is 0 Å². The molecule has 2 N–H and O–H groups in total. The molecule has 2 saturated heterocycles. The van der Waals surface area contributed by atoms with Crippen LogP contribution < -0.4 is 5.73 Å². The molecule has 3 heteroatoms. The van der Waals surface area contributed by atoms with Gasteiger partial charge in [0.05, 0.1) is 0 Å². The van der Waals surface area contributed by atoms with Crippen molar-refractivity contribution in [3.8, 4) is 0 Å². The van der Waals surface area contributed by atoms with Crippen molar-refractivity contribution in [2.75, 3.05) is 39.4 Å². The van der Waals surface area contributed by atoms with E-state index >= 15 is 0 Å². The quantitative estimate of drug-likeness (QED) is 0.913. The van der Waals surface area contributed by atoms with E-state index in [1.165, 1.54) is 31.5 Å². The lowest BCUT2D eigenvalue weighted by molar-refractivity contribution is 0.0550.